The van der Waals surface area contributed by atoms with Crippen LogP contribution in [0.5, 0.6) is 0 Å². The van der Waals surface area contributed by atoms with Crippen LogP contribution in [0.1, 0.15) is 60.8 Å². The molecule has 2 unspecified atom stereocenters. The fourth-order valence-electron chi connectivity index (χ4n) is 2.23. The summed E-state index contributed by atoms with van der Waals surface area (Å²) >= 11 is 0. The molecule has 1 fully saturated rings. The Bertz CT molecular complexity index is 444. The summed E-state index contributed by atoms with van der Waals surface area (Å²) in [6.07, 6.45) is 0.490. The van der Waals surface area contributed by atoms with Crippen LogP contribution in [0.2, 0.25) is 0 Å². The van der Waals surface area contributed by atoms with Crippen LogP contribution >= 0.6 is 0 Å². The van der Waals surface area contributed by atoms with Gasteiger partial charge in [0.2, 0.25) is 0 Å². The quantitative estimate of drug-likeness (QED) is 0.626. The molecule has 0 spiro atoms. The van der Waals surface area contributed by atoms with E-state index in [1.165, 1.54) is 0 Å². The maximum Gasteiger partial charge on any atom is 0.407 e. The van der Waals surface area contributed by atoms with Gasteiger partial charge in [0, 0.05) is 12.5 Å². The first-order chi connectivity index (χ1) is 9.87. The third-order valence-electron chi connectivity index (χ3n) is 3.06. The molecule has 6 nitrogen and oxygen atoms in total. The Morgan fingerprint density at radius 3 is 2.09 bits per heavy atom. The number of amides is 1. The molecule has 1 aliphatic rings. The average Bonchev–Trinajstić information content (AvgIpc) is 2.26. The van der Waals surface area contributed by atoms with E-state index in [0.717, 1.165) is 0 Å². The fraction of sp³-hybridized carbons (Fsp3) is 0.812. The van der Waals surface area contributed by atoms with Crippen LogP contribution < -0.4 is 5.32 Å². The Morgan fingerprint density at radius 2 is 1.59 bits per heavy atom. The third kappa shape index (κ3) is 6.45. The van der Waals surface area contributed by atoms with Gasteiger partial charge >= 0.3 is 12.1 Å². The Hall–Kier alpha value is -1.59. The zero-order chi connectivity index (χ0) is 17.1. The molecule has 0 aliphatic heterocycles. The van der Waals surface area contributed by atoms with E-state index in [0.29, 0.717) is 6.42 Å². The highest BCUT2D eigenvalue weighted by Gasteiger charge is 2.37. The van der Waals surface area contributed by atoms with E-state index < -0.39 is 29.2 Å². The smallest absolute Gasteiger partial charge is 0.407 e. The van der Waals surface area contributed by atoms with Crippen molar-refractivity contribution in [3.8, 4) is 0 Å². The first kappa shape index (κ1) is 18.5. The minimum atomic E-state index is -0.812. The molecule has 1 amide bonds. The van der Waals surface area contributed by atoms with Crippen molar-refractivity contribution < 1.29 is 23.9 Å². The van der Waals surface area contributed by atoms with E-state index in [9.17, 15) is 14.4 Å². The van der Waals surface area contributed by atoms with Gasteiger partial charge in [0.25, 0.3) is 0 Å². The summed E-state index contributed by atoms with van der Waals surface area (Å²) in [5.41, 5.74) is -1.22. The number of ketones is 1. The lowest BCUT2D eigenvalue weighted by Gasteiger charge is -2.30. The highest BCUT2D eigenvalue weighted by molar-refractivity contribution is 5.99. The summed E-state index contributed by atoms with van der Waals surface area (Å²) in [6, 6.07) is -0.259. The second-order valence-corrected chi connectivity index (χ2v) is 7.67. The SMILES string of the molecule is CC(C)(C)OC(=O)NC1CCC(=O)C(C(=O)OC(C)(C)C)C1. The standard InChI is InChI=1S/C16H27NO5/c1-15(2,3)21-13(19)11-9-10(7-8-12(11)18)17-14(20)22-16(4,5)6/h10-11H,7-9H2,1-6H3,(H,17,20). The molecule has 22 heavy (non-hydrogen) atoms. The Labute approximate surface area is 131 Å². The van der Waals surface area contributed by atoms with Crippen molar-refractivity contribution in [3.63, 3.8) is 0 Å². The summed E-state index contributed by atoms with van der Waals surface area (Å²) < 4.78 is 10.5. The second-order valence-electron chi connectivity index (χ2n) is 7.67. The van der Waals surface area contributed by atoms with Crippen LogP contribution in [-0.2, 0) is 19.1 Å². The van der Waals surface area contributed by atoms with Crippen LogP contribution in [0, 0.1) is 5.92 Å². The van der Waals surface area contributed by atoms with Crippen molar-refractivity contribution in [1.82, 2.24) is 5.32 Å². The molecular formula is C16H27NO5. The minimum Gasteiger partial charge on any atom is -0.459 e. The van der Waals surface area contributed by atoms with Crippen LogP contribution in [0.15, 0.2) is 0 Å². The summed E-state index contributed by atoms with van der Waals surface area (Å²) in [7, 11) is 0. The lowest BCUT2D eigenvalue weighted by molar-refractivity contribution is -0.163. The van der Waals surface area contributed by atoms with Gasteiger partial charge in [0.1, 0.15) is 22.9 Å². The van der Waals surface area contributed by atoms with Crippen molar-refractivity contribution in [3.05, 3.63) is 0 Å². The molecule has 1 N–H and O–H groups in total. The molecule has 0 aromatic rings. The maximum atomic E-state index is 12.1. The number of hydrogen-bond donors (Lipinski definition) is 1. The summed E-state index contributed by atoms with van der Waals surface area (Å²) in [5, 5.41) is 2.72. The van der Waals surface area contributed by atoms with Crippen molar-refractivity contribution in [2.75, 3.05) is 0 Å². The second kappa shape index (κ2) is 6.67. The number of rotatable bonds is 2. The van der Waals surface area contributed by atoms with E-state index in [4.69, 9.17) is 9.47 Å². The van der Waals surface area contributed by atoms with Gasteiger partial charge in [-0.3, -0.25) is 9.59 Å². The molecule has 1 rings (SSSR count). The Morgan fingerprint density at radius 1 is 1.05 bits per heavy atom. The zero-order valence-electron chi connectivity index (χ0n) is 14.3. The summed E-state index contributed by atoms with van der Waals surface area (Å²) in [4.78, 5) is 35.8. The van der Waals surface area contributed by atoms with Gasteiger partial charge < -0.3 is 14.8 Å². The first-order valence-corrected chi connectivity index (χ1v) is 7.62. The van der Waals surface area contributed by atoms with Gasteiger partial charge in [-0.2, -0.15) is 0 Å². The summed E-state index contributed by atoms with van der Waals surface area (Å²) in [6.45, 7) is 10.6. The molecule has 0 aromatic heterocycles. The highest BCUT2D eigenvalue weighted by atomic mass is 16.6. The number of Topliss-reactive ketones (excluding diaryl/α,β-unsaturated/α-hetero) is 1. The van der Waals surface area contributed by atoms with Gasteiger partial charge in [-0.25, -0.2) is 4.79 Å². The van der Waals surface area contributed by atoms with Gasteiger partial charge in [-0.15, -0.1) is 0 Å². The molecule has 6 heteroatoms. The summed E-state index contributed by atoms with van der Waals surface area (Å²) in [5.74, 6) is -1.46. The molecule has 0 aromatic carbocycles. The van der Waals surface area contributed by atoms with Gasteiger partial charge in [-0.05, 0) is 54.4 Å². The largest absolute Gasteiger partial charge is 0.459 e. The van der Waals surface area contributed by atoms with E-state index in [1.807, 2.05) is 0 Å². The van der Waals surface area contributed by atoms with Crippen LogP contribution in [-0.4, -0.2) is 35.1 Å². The van der Waals surface area contributed by atoms with E-state index in [2.05, 4.69) is 5.32 Å². The minimum absolute atomic E-state index is 0.128. The Balaban J connectivity index is 2.62. The van der Waals surface area contributed by atoms with Crippen molar-refractivity contribution >= 4 is 17.8 Å². The number of alkyl carbamates (subject to hydrolysis) is 1. The monoisotopic (exact) mass is 313 g/mol. The molecule has 0 heterocycles. The number of carbonyl (C=O) groups is 3. The zero-order valence-corrected chi connectivity index (χ0v) is 14.3. The molecule has 0 radical (unpaired) electrons. The highest BCUT2D eigenvalue weighted by Crippen LogP contribution is 2.25. The number of ether oxygens (including phenoxy) is 2. The molecular weight excluding hydrogens is 286 g/mol. The van der Waals surface area contributed by atoms with E-state index >= 15 is 0 Å². The average molecular weight is 313 g/mol. The molecule has 2 atom stereocenters. The predicted molar refractivity (Wildman–Crippen MR) is 81.4 cm³/mol. The molecule has 1 aliphatic carbocycles. The normalized spacial score (nSPS) is 22.9. The topological polar surface area (TPSA) is 81.7 Å². The van der Waals surface area contributed by atoms with E-state index in [-0.39, 0.29) is 24.7 Å². The number of nitrogens with one attached hydrogen (secondary N) is 1. The fourth-order valence-corrected chi connectivity index (χ4v) is 2.23. The van der Waals surface area contributed by atoms with Crippen molar-refractivity contribution in [1.29, 1.82) is 0 Å². The number of esters is 1. The van der Waals surface area contributed by atoms with Gasteiger partial charge in [-0.1, -0.05) is 0 Å². The van der Waals surface area contributed by atoms with Crippen LogP contribution in [0.4, 0.5) is 4.79 Å². The van der Waals surface area contributed by atoms with Gasteiger partial charge in [0.05, 0.1) is 0 Å². The van der Waals surface area contributed by atoms with Crippen LogP contribution in [0.3, 0.4) is 0 Å². The first-order valence-electron chi connectivity index (χ1n) is 7.62. The van der Waals surface area contributed by atoms with Crippen LogP contribution in [0.25, 0.3) is 0 Å². The molecule has 126 valence electrons. The van der Waals surface area contributed by atoms with Crippen molar-refractivity contribution in [2.24, 2.45) is 5.92 Å². The maximum absolute atomic E-state index is 12.1. The number of hydrogen-bond acceptors (Lipinski definition) is 5. The predicted octanol–water partition coefficient (Wildman–Crippen LogP) is 2.59. The van der Waals surface area contributed by atoms with E-state index in [1.54, 1.807) is 41.5 Å². The Kier molecular flexibility index (Phi) is 5.59. The molecule has 0 bridgehead atoms. The third-order valence-corrected chi connectivity index (χ3v) is 3.06. The lowest BCUT2D eigenvalue weighted by atomic mass is 9.84. The number of carbonyl (C=O) groups excluding carboxylic acids is 3. The van der Waals surface area contributed by atoms with Gasteiger partial charge in [0.15, 0.2) is 0 Å². The lowest BCUT2D eigenvalue weighted by Crippen LogP contribution is -2.46. The van der Waals surface area contributed by atoms with Crippen molar-refractivity contribution in [2.45, 2.75) is 78.0 Å². The molecule has 1 saturated carbocycles. The molecule has 0 saturated heterocycles.